The van der Waals surface area contributed by atoms with Gasteiger partial charge in [-0.05, 0) is 55.2 Å². The highest BCUT2D eigenvalue weighted by Gasteiger charge is 2.29. The minimum Gasteiger partial charge on any atom is -0.368 e. The van der Waals surface area contributed by atoms with E-state index in [9.17, 15) is 8.42 Å². The number of piperazine rings is 1. The zero-order chi connectivity index (χ0) is 24.1. The number of aromatic nitrogens is 3. The normalized spacial score (nSPS) is 17.7. The van der Waals surface area contributed by atoms with Crippen molar-refractivity contribution in [2.75, 3.05) is 42.5 Å². The summed E-state index contributed by atoms with van der Waals surface area (Å²) >= 11 is 0. The summed E-state index contributed by atoms with van der Waals surface area (Å²) < 4.78 is 29.0. The maximum Gasteiger partial charge on any atom is 0.243 e. The summed E-state index contributed by atoms with van der Waals surface area (Å²) in [5.41, 5.74) is 1.86. The predicted octanol–water partition coefficient (Wildman–Crippen LogP) is 3.90. The van der Waals surface area contributed by atoms with Crippen LogP contribution in [0, 0.1) is 5.92 Å². The Bertz CT molecular complexity index is 1150. The lowest BCUT2D eigenvalue weighted by Gasteiger charge is -2.36. The second-order valence-electron chi connectivity index (χ2n) is 9.53. The molecule has 0 atom stereocenters. The summed E-state index contributed by atoms with van der Waals surface area (Å²) in [7, 11) is -3.62. The van der Waals surface area contributed by atoms with Crippen LogP contribution in [0.15, 0.2) is 66.1 Å². The van der Waals surface area contributed by atoms with Gasteiger partial charge in [0.1, 0.15) is 5.82 Å². The van der Waals surface area contributed by atoms with Gasteiger partial charge in [-0.3, -0.25) is 0 Å². The molecule has 2 aromatic heterocycles. The molecular formula is C26H34N6O2S. The Kier molecular flexibility index (Phi) is 7.34. The van der Waals surface area contributed by atoms with Crippen LogP contribution in [-0.4, -0.2) is 60.4 Å². The molecule has 8 nitrogen and oxygen atoms in total. The molecule has 2 aliphatic rings. The van der Waals surface area contributed by atoms with E-state index < -0.39 is 10.0 Å². The molecule has 5 rings (SSSR count). The van der Waals surface area contributed by atoms with Gasteiger partial charge in [-0.2, -0.15) is 4.31 Å². The molecule has 1 aliphatic heterocycles. The Balaban J connectivity index is 1.28. The third-order valence-corrected chi connectivity index (χ3v) is 9.01. The average Bonchev–Trinajstić information content (AvgIpc) is 3.43. The largest absolute Gasteiger partial charge is 0.368 e. The Morgan fingerprint density at radius 1 is 0.943 bits per heavy atom. The second kappa shape index (κ2) is 10.8. The molecule has 3 aromatic rings. The molecule has 1 saturated carbocycles. The van der Waals surface area contributed by atoms with Gasteiger partial charge >= 0.3 is 0 Å². The Morgan fingerprint density at radius 2 is 1.69 bits per heavy atom. The summed E-state index contributed by atoms with van der Waals surface area (Å²) in [6, 6.07) is 13.4. The summed E-state index contributed by atoms with van der Waals surface area (Å²) in [6.45, 7) is 4.38. The zero-order valence-corrected chi connectivity index (χ0v) is 20.9. The molecule has 35 heavy (non-hydrogen) atoms. The van der Waals surface area contributed by atoms with E-state index in [2.05, 4.69) is 24.8 Å². The van der Waals surface area contributed by atoms with Crippen LogP contribution in [0.3, 0.4) is 0 Å². The molecule has 1 N–H and O–H groups in total. The highest BCUT2D eigenvalue weighted by Crippen LogP contribution is 2.29. The lowest BCUT2D eigenvalue weighted by atomic mass is 9.89. The molecule has 1 aromatic carbocycles. The second-order valence-corrected chi connectivity index (χ2v) is 11.5. The van der Waals surface area contributed by atoms with E-state index >= 15 is 0 Å². The van der Waals surface area contributed by atoms with Crippen LogP contribution in [0.1, 0.15) is 37.8 Å². The fourth-order valence-corrected chi connectivity index (χ4v) is 6.67. The monoisotopic (exact) mass is 494 g/mol. The van der Waals surface area contributed by atoms with Crippen molar-refractivity contribution in [3.8, 4) is 0 Å². The fraction of sp³-hybridized carbons (Fsp3) is 0.462. The third-order valence-electron chi connectivity index (χ3n) is 7.18. The van der Waals surface area contributed by atoms with E-state index in [4.69, 9.17) is 0 Å². The van der Waals surface area contributed by atoms with Gasteiger partial charge in [0.15, 0.2) is 0 Å². The predicted molar refractivity (Wildman–Crippen MR) is 138 cm³/mol. The first kappa shape index (κ1) is 23.8. The molecule has 1 aliphatic carbocycles. The smallest absolute Gasteiger partial charge is 0.243 e. The molecule has 0 amide bonds. The standard InChI is InChI=1S/C26H34N6O2S/c33-35(34,32(20-23-18-27-21-29-23)19-22-6-2-1-3-7-22)25-11-9-24(10-12-25)30-14-16-31(17-15-30)26-8-4-5-13-28-26/h4-5,8-13,18,21-22H,1-3,6-7,14-17,19-20H2,(H,27,29). The van der Waals surface area contributed by atoms with Crippen LogP contribution in [0.25, 0.3) is 0 Å². The van der Waals surface area contributed by atoms with Gasteiger partial charge in [0.2, 0.25) is 10.0 Å². The highest BCUT2D eigenvalue weighted by atomic mass is 32.2. The first-order chi connectivity index (χ1) is 17.1. The van der Waals surface area contributed by atoms with Gasteiger partial charge in [0.05, 0.1) is 17.8 Å². The molecule has 2 fully saturated rings. The molecule has 3 heterocycles. The number of nitrogens with one attached hydrogen (secondary N) is 1. The number of benzene rings is 1. The van der Waals surface area contributed by atoms with Crippen molar-refractivity contribution in [3.05, 3.63) is 66.9 Å². The van der Waals surface area contributed by atoms with E-state index in [1.807, 2.05) is 36.5 Å². The van der Waals surface area contributed by atoms with Crippen molar-refractivity contribution in [2.24, 2.45) is 5.92 Å². The molecule has 9 heteroatoms. The summed E-state index contributed by atoms with van der Waals surface area (Å²) in [5, 5.41) is 0. The number of imidazole rings is 1. The molecule has 0 bridgehead atoms. The molecule has 0 spiro atoms. The summed E-state index contributed by atoms with van der Waals surface area (Å²) in [5.74, 6) is 1.42. The quantitative estimate of drug-likeness (QED) is 0.511. The van der Waals surface area contributed by atoms with E-state index in [-0.39, 0.29) is 0 Å². The zero-order valence-electron chi connectivity index (χ0n) is 20.1. The van der Waals surface area contributed by atoms with Gasteiger partial charge in [-0.1, -0.05) is 25.3 Å². The van der Waals surface area contributed by atoms with E-state index in [0.717, 1.165) is 56.2 Å². The maximum absolute atomic E-state index is 13.7. The molecular weight excluding hydrogens is 460 g/mol. The average molecular weight is 495 g/mol. The summed E-state index contributed by atoms with van der Waals surface area (Å²) in [6.07, 6.45) is 10.9. The van der Waals surface area contributed by atoms with Crippen LogP contribution in [-0.2, 0) is 16.6 Å². The molecule has 0 radical (unpaired) electrons. The van der Waals surface area contributed by atoms with Crippen LogP contribution in [0.2, 0.25) is 0 Å². The first-order valence-electron chi connectivity index (χ1n) is 12.6. The van der Waals surface area contributed by atoms with Crippen molar-refractivity contribution in [2.45, 2.75) is 43.5 Å². The lowest BCUT2D eigenvalue weighted by Crippen LogP contribution is -2.46. The van der Waals surface area contributed by atoms with E-state index in [1.54, 1.807) is 29.0 Å². The van der Waals surface area contributed by atoms with Crippen LogP contribution in [0.5, 0.6) is 0 Å². The Hall–Kier alpha value is -2.91. The summed E-state index contributed by atoms with van der Waals surface area (Å²) in [4.78, 5) is 16.5. The van der Waals surface area contributed by atoms with Gasteiger partial charge in [0, 0.05) is 56.5 Å². The minimum atomic E-state index is -3.62. The maximum atomic E-state index is 13.7. The van der Waals surface area contributed by atoms with Crippen LogP contribution < -0.4 is 9.80 Å². The van der Waals surface area contributed by atoms with Crippen molar-refractivity contribution in [3.63, 3.8) is 0 Å². The van der Waals surface area contributed by atoms with Crippen LogP contribution >= 0.6 is 0 Å². The van der Waals surface area contributed by atoms with Gasteiger partial charge in [-0.15, -0.1) is 0 Å². The third kappa shape index (κ3) is 5.67. The minimum absolute atomic E-state index is 0.316. The molecule has 0 unspecified atom stereocenters. The van der Waals surface area contributed by atoms with Gasteiger partial charge < -0.3 is 14.8 Å². The van der Waals surface area contributed by atoms with Crippen LogP contribution in [0.4, 0.5) is 11.5 Å². The number of H-pyrrole nitrogens is 1. The van der Waals surface area contributed by atoms with Crippen molar-refractivity contribution >= 4 is 21.5 Å². The SMILES string of the molecule is O=S(=O)(c1ccc(N2CCN(c3ccccn3)CC2)cc1)N(Cc1cnc[nH]1)CC1CCCCC1. The Labute approximate surface area is 208 Å². The van der Waals surface area contributed by atoms with Gasteiger partial charge in [-0.25, -0.2) is 18.4 Å². The molecule has 186 valence electrons. The number of anilines is 2. The number of aromatic amines is 1. The number of pyridine rings is 1. The Morgan fingerprint density at radius 3 is 2.34 bits per heavy atom. The van der Waals surface area contributed by atoms with Crippen molar-refractivity contribution < 1.29 is 8.42 Å². The van der Waals surface area contributed by atoms with E-state index in [0.29, 0.717) is 23.9 Å². The van der Waals surface area contributed by atoms with E-state index in [1.165, 1.54) is 19.3 Å². The van der Waals surface area contributed by atoms with Gasteiger partial charge in [0.25, 0.3) is 0 Å². The number of hydrogen-bond donors (Lipinski definition) is 1. The first-order valence-corrected chi connectivity index (χ1v) is 14.0. The lowest BCUT2D eigenvalue weighted by molar-refractivity contribution is 0.274. The van der Waals surface area contributed by atoms with Crippen molar-refractivity contribution in [1.82, 2.24) is 19.3 Å². The topological polar surface area (TPSA) is 85.4 Å². The fourth-order valence-electron chi connectivity index (χ4n) is 5.18. The highest BCUT2D eigenvalue weighted by molar-refractivity contribution is 7.89. The van der Waals surface area contributed by atoms with Crippen molar-refractivity contribution in [1.29, 1.82) is 0 Å². The number of sulfonamides is 1. The molecule has 1 saturated heterocycles. The number of rotatable bonds is 8. The number of nitrogens with zero attached hydrogens (tertiary/aromatic N) is 5. The number of hydrogen-bond acceptors (Lipinski definition) is 6.